The third-order valence-electron chi connectivity index (χ3n) is 10.3. The summed E-state index contributed by atoms with van der Waals surface area (Å²) in [6.07, 6.45) is 6.18. The Balaban J connectivity index is 1.17. The first-order valence-corrected chi connectivity index (χ1v) is 18.5. The molecule has 0 saturated heterocycles. The molecule has 0 N–H and O–H groups in total. The van der Waals surface area contributed by atoms with Crippen molar-refractivity contribution in [2.45, 2.75) is 20.8 Å². The predicted octanol–water partition coefficient (Wildman–Crippen LogP) is 14.5. The Kier molecular flexibility index (Phi) is 9.58. The zero-order valence-electron chi connectivity index (χ0n) is 31.0. The number of aliphatic imine (C=N–C) groups is 1. The fourth-order valence-corrected chi connectivity index (χ4v) is 7.20. The van der Waals surface area contributed by atoms with Crippen LogP contribution in [-0.2, 0) is 0 Å². The van der Waals surface area contributed by atoms with Gasteiger partial charge in [-0.1, -0.05) is 152 Å². The van der Waals surface area contributed by atoms with Gasteiger partial charge in [-0.3, -0.25) is 4.99 Å². The van der Waals surface area contributed by atoms with Crippen LogP contribution in [0.15, 0.2) is 205 Å². The fourth-order valence-electron chi connectivity index (χ4n) is 7.20. The van der Waals surface area contributed by atoms with Gasteiger partial charge in [-0.25, -0.2) is 0 Å². The maximum atomic E-state index is 5.11. The Labute approximate surface area is 318 Å². The average Bonchev–Trinajstić information content (AvgIpc) is 3.57. The number of allylic oxidation sites excluding steroid dienone is 4. The highest BCUT2D eigenvalue weighted by molar-refractivity contribution is 6.10. The van der Waals surface area contributed by atoms with Crippen molar-refractivity contribution in [1.29, 1.82) is 0 Å². The van der Waals surface area contributed by atoms with Crippen molar-refractivity contribution in [3.63, 3.8) is 0 Å². The SMILES string of the molecule is C=C(c1ccccc1)c1cc(-c2ccc3c(c2)c2ccccc2n3-c2ccc(-c3ccc(-c4ccccc4)cc3)cc2)ccc1N=C(C)/C(C)=C/C=C\C. The van der Waals surface area contributed by atoms with Gasteiger partial charge in [0.2, 0.25) is 0 Å². The van der Waals surface area contributed by atoms with Gasteiger partial charge in [0.05, 0.1) is 16.7 Å². The van der Waals surface area contributed by atoms with E-state index in [0.29, 0.717) is 0 Å². The number of hydrogen-bond donors (Lipinski definition) is 0. The number of nitrogens with zero attached hydrogens (tertiary/aromatic N) is 2. The minimum atomic E-state index is 0.909. The van der Waals surface area contributed by atoms with E-state index in [1.54, 1.807) is 0 Å². The van der Waals surface area contributed by atoms with Crippen LogP contribution in [0.3, 0.4) is 0 Å². The predicted molar refractivity (Wildman–Crippen MR) is 233 cm³/mol. The highest BCUT2D eigenvalue weighted by atomic mass is 15.0. The quantitative estimate of drug-likeness (QED) is 0.106. The lowest BCUT2D eigenvalue weighted by Crippen LogP contribution is -1.95. The minimum Gasteiger partial charge on any atom is -0.309 e. The number of rotatable bonds is 9. The average molecular weight is 695 g/mol. The molecule has 8 rings (SSSR count). The first kappa shape index (κ1) is 34.3. The Morgan fingerprint density at radius 1 is 0.537 bits per heavy atom. The molecule has 2 heteroatoms. The third kappa shape index (κ3) is 6.78. The minimum absolute atomic E-state index is 0.909. The number of benzene rings is 7. The maximum absolute atomic E-state index is 5.11. The van der Waals surface area contributed by atoms with E-state index < -0.39 is 0 Å². The van der Waals surface area contributed by atoms with Gasteiger partial charge in [-0.05, 0) is 113 Å². The van der Waals surface area contributed by atoms with Gasteiger partial charge >= 0.3 is 0 Å². The van der Waals surface area contributed by atoms with E-state index in [1.807, 2.05) is 19.1 Å². The lowest BCUT2D eigenvalue weighted by atomic mass is 9.93. The lowest BCUT2D eigenvalue weighted by Gasteiger charge is -2.14. The summed E-state index contributed by atoms with van der Waals surface area (Å²) in [7, 11) is 0. The molecule has 0 bridgehead atoms. The maximum Gasteiger partial charge on any atom is 0.0711 e. The van der Waals surface area contributed by atoms with Crippen LogP contribution in [0.5, 0.6) is 0 Å². The van der Waals surface area contributed by atoms with E-state index in [-0.39, 0.29) is 0 Å². The second-order valence-corrected chi connectivity index (χ2v) is 13.7. The summed E-state index contributed by atoms with van der Waals surface area (Å²) >= 11 is 0. The normalized spacial score (nSPS) is 12.2. The van der Waals surface area contributed by atoms with Crippen molar-refractivity contribution in [2.24, 2.45) is 4.99 Å². The molecule has 0 amide bonds. The molecule has 54 heavy (non-hydrogen) atoms. The van der Waals surface area contributed by atoms with Crippen molar-refractivity contribution in [3.05, 3.63) is 211 Å². The largest absolute Gasteiger partial charge is 0.309 e. The van der Waals surface area contributed by atoms with Crippen LogP contribution in [0.25, 0.3) is 66.4 Å². The third-order valence-corrected chi connectivity index (χ3v) is 10.3. The Morgan fingerprint density at radius 2 is 1.07 bits per heavy atom. The van der Waals surface area contributed by atoms with Gasteiger partial charge in [-0.15, -0.1) is 0 Å². The highest BCUT2D eigenvalue weighted by Crippen LogP contribution is 2.38. The number of aromatic nitrogens is 1. The second-order valence-electron chi connectivity index (χ2n) is 13.7. The smallest absolute Gasteiger partial charge is 0.0711 e. The summed E-state index contributed by atoms with van der Waals surface area (Å²) in [5.74, 6) is 0. The molecule has 0 aliphatic heterocycles. The van der Waals surface area contributed by atoms with Crippen LogP contribution >= 0.6 is 0 Å². The molecule has 0 saturated carbocycles. The van der Waals surface area contributed by atoms with Crippen LogP contribution < -0.4 is 0 Å². The Hall–Kier alpha value is -6.77. The zero-order chi connectivity index (χ0) is 37.0. The summed E-state index contributed by atoms with van der Waals surface area (Å²) in [6.45, 7) is 10.8. The van der Waals surface area contributed by atoms with E-state index in [2.05, 4.69) is 201 Å². The topological polar surface area (TPSA) is 17.3 Å². The molecule has 1 heterocycles. The summed E-state index contributed by atoms with van der Waals surface area (Å²) in [5.41, 5.74) is 16.7. The van der Waals surface area contributed by atoms with Gasteiger partial charge in [0.25, 0.3) is 0 Å². The van der Waals surface area contributed by atoms with Crippen molar-refractivity contribution in [1.82, 2.24) is 4.57 Å². The number of hydrogen-bond acceptors (Lipinski definition) is 1. The summed E-state index contributed by atoms with van der Waals surface area (Å²) in [6, 6.07) is 60.8. The molecule has 1 aromatic heterocycles. The zero-order valence-corrected chi connectivity index (χ0v) is 31.0. The Bertz CT molecular complexity index is 2710. The van der Waals surface area contributed by atoms with E-state index in [9.17, 15) is 0 Å². The molecule has 260 valence electrons. The van der Waals surface area contributed by atoms with Crippen molar-refractivity contribution >= 4 is 38.8 Å². The molecular weight excluding hydrogens is 653 g/mol. The molecule has 0 unspecified atom stereocenters. The van der Waals surface area contributed by atoms with Crippen molar-refractivity contribution in [2.75, 3.05) is 0 Å². The van der Waals surface area contributed by atoms with E-state index in [4.69, 9.17) is 4.99 Å². The molecule has 0 spiro atoms. The van der Waals surface area contributed by atoms with Crippen LogP contribution in [0, 0.1) is 0 Å². The highest BCUT2D eigenvalue weighted by Gasteiger charge is 2.16. The summed E-state index contributed by atoms with van der Waals surface area (Å²) in [4.78, 5) is 5.11. The first-order chi connectivity index (χ1) is 26.5. The van der Waals surface area contributed by atoms with Gasteiger partial charge in [0.15, 0.2) is 0 Å². The first-order valence-electron chi connectivity index (χ1n) is 18.5. The molecule has 8 aromatic rings. The molecule has 0 radical (unpaired) electrons. The van der Waals surface area contributed by atoms with Gasteiger partial charge in [-0.2, -0.15) is 0 Å². The van der Waals surface area contributed by atoms with Crippen molar-refractivity contribution < 1.29 is 0 Å². The van der Waals surface area contributed by atoms with Crippen LogP contribution in [0.4, 0.5) is 5.69 Å². The standard InChI is InChI=1S/C52H42N2/c1-5-6-15-36(2)38(4)53-50-32-28-44(34-48(50)37(3)39-16-9-7-10-17-39)45-29-33-52-49(35-45)47-20-13-14-21-51(47)54(52)46-30-26-43(27-31-46)42-24-22-41(23-25-42)40-18-11-8-12-19-40/h5-35H,3H2,1-2,4H3/b6-5-,36-15+,53-38?. The summed E-state index contributed by atoms with van der Waals surface area (Å²) < 4.78 is 2.38. The monoisotopic (exact) mass is 694 g/mol. The molecule has 2 nitrogen and oxygen atoms in total. The summed E-state index contributed by atoms with van der Waals surface area (Å²) in [5, 5.41) is 2.44. The number of para-hydroxylation sites is 1. The lowest BCUT2D eigenvalue weighted by molar-refractivity contribution is 1.18. The van der Waals surface area contributed by atoms with Gasteiger partial charge in [0.1, 0.15) is 0 Å². The van der Waals surface area contributed by atoms with E-state index in [0.717, 1.165) is 50.5 Å². The second kappa shape index (κ2) is 15.1. The molecule has 0 fully saturated rings. The van der Waals surface area contributed by atoms with E-state index in [1.165, 1.54) is 44.1 Å². The Morgan fingerprint density at radius 3 is 1.76 bits per heavy atom. The van der Waals surface area contributed by atoms with Gasteiger partial charge in [0, 0.05) is 27.7 Å². The van der Waals surface area contributed by atoms with Crippen LogP contribution in [-0.4, -0.2) is 10.3 Å². The fraction of sp³-hybridized carbons (Fsp3) is 0.0577. The molecular formula is C52H42N2. The van der Waals surface area contributed by atoms with Crippen molar-refractivity contribution in [3.8, 4) is 39.1 Å². The van der Waals surface area contributed by atoms with Crippen LogP contribution in [0.1, 0.15) is 31.9 Å². The number of fused-ring (bicyclic) bond motifs is 3. The molecule has 7 aromatic carbocycles. The molecule has 0 aliphatic carbocycles. The van der Waals surface area contributed by atoms with Gasteiger partial charge < -0.3 is 4.57 Å². The molecule has 0 aliphatic rings. The van der Waals surface area contributed by atoms with E-state index >= 15 is 0 Å². The van der Waals surface area contributed by atoms with Crippen LogP contribution in [0.2, 0.25) is 0 Å². The molecule has 0 atom stereocenters.